The van der Waals surface area contributed by atoms with E-state index in [-0.39, 0.29) is 16.2 Å². The Morgan fingerprint density at radius 1 is 0.517 bits per heavy atom. The molecule has 2 heterocycles. The maximum absolute atomic E-state index is 5.21. The van der Waals surface area contributed by atoms with Gasteiger partial charge in [-0.2, -0.15) is 0 Å². The lowest BCUT2D eigenvalue weighted by Gasteiger charge is -2.44. The van der Waals surface area contributed by atoms with Crippen LogP contribution < -0.4 is 0 Å². The van der Waals surface area contributed by atoms with Gasteiger partial charge in [0.05, 0.1) is 5.69 Å². The van der Waals surface area contributed by atoms with Crippen molar-refractivity contribution in [2.45, 2.75) is 72.6 Å². The van der Waals surface area contributed by atoms with Gasteiger partial charge in [-0.3, -0.25) is 4.98 Å². The highest BCUT2D eigenvalue weighted by atomic mass is 15.0. The summed E-state index contributed by atoms with van der Waals surface area (Å²) in [6.45, 7) is 18.6. The maximum atomic E-state index is 5.21. The molecule has 0 bridgehead atoms. The Morgan fingerprint density at radius 3 is 1.82 bits per heavy atom. The van der Waals surface area contributed by atoms with E-state index in [1.807, 2.05) is 6.20 Å². The van der Waals surface area contributed by atoms with E-state index in [2.05, 4.69) is 207 Å². The highest BCUT2D eigenvalue weighted by molar-refractivity contribution is 5.90. The van der Waals surface area contributed by atoms with Gasteiger partial charge in [-0.15, -0.1) is 0 Å². The summed E-state index contributed by atoms with van der Waals surface area (Å²) in [5, 5.41) is 4.87. The third kappa shape index (κ3) is 6.74. The molecule has 0 spiro atoms. The fourth-order valence-corrected chi connectivity index (χ4v) is 9.07. The molecule has 0 saturated heterocycles. The van der Waals surface area contributed by atoms with E-state index >= 15 is 0 Å². The zero-order valence-corrected chi connectivity index (χ0v) is 36.0. The van der Waals surface area contributed by atoms with Crippen LogP contribution in [0.25, 0.3) is 77.9 Å². The van der Waals surface area contributed by atoms with Crippen LogP contribution in [0.1, 0.15) is 84.3 Å². The highest BCUT2D eigenvalue weighted by Crippen LogP contribution is 2.61. The lowest BCUT2D eigenvalue weighted by atomic mass is 9.59. The normalized spacial score (nSPS) is 15.7. The number of benzene rings is 6. The van der Waals surface area contributed by atoms with Crippen molar-refractivity contribution in [3.63, 3.8) is 0 Å². The molecule has 9 rings (SSSR count). The first-order chi connectivity index (χ1) is 28.8. The number of aromatic nitrogens is 4. The molecule has 0 fully saturated rings. The van der Waals surface area contributed by atoms with Crippen LogP contribution in [-0.4, -0.2) is 19.9 Å². The second-order valence-electron chi connectivity index (χ2n) is 18.0. The predicted octanol–water partition coefficient (Wildman–Crippen LogP) is 14.7. The molecule has 4 heteroatoms. The Balaban J connectivity index is 1.14. The van der Waals surface area contributed by atoms with Crippen LogP contribution in [-0.2, 0) is 10.8 Å². The average Bonchev–Trinajstić information content (AvgIpc) is 3.38. The van der Waals surface area contributed by atoms with Crippen LogP contribution in [0.15, 0.2) is 158 Å². The molecule has 8 aromatic rings. The van der Waals surface area contributed by atoms with E-state index in [0.29, 0.717) is 17.5 Å². The highest BCUT2D eigenvalue weighted by Gasteiger charge is 2.56. The Labute approximate surface area is 354 Å². The van der Waals surface area contributed by atoms with Gasteiger partial charge in [-0.1, -0.05) is 158 Å². The molecule has 0 aliphatic heterocycles. The van der Waals surface area contributed by atoms with Gasteiger partial charge in [-0.25, -0.2) is 15.0 Å². The van der Waals surface area contributed by atoms with E-state index in [1.54, 1.807) is 0 Å². The fourth-order valence-electron chi connectivity index (χ4n) is 9.07. The molecule has 0 radical (unpaired) electrons. The number of fused-ring (bicyclic) bond motifs is 3. The van der Waals surface area contributed by atoms with Crippen molar-refractivity contribution in [2.24, 2.45) is 5.41 Å². The molecule has 1 aliphatic rings. The van der Waals surface area contributed by atoms with Crippen molar-refractivity contribution in [1.29, 1.82) is 0 Å². The van der Waals surface area contributed by atoms with Gasteiger partial charge in [0.1, 0.15) is 0 Å². The van der Waals surface area contributed by atoms with E-state index in [9.17, 15) is 0 Å². The number of hydrogen-bond acceptors (Lipinski definition) is 4. The monoisotopic (exact) mass is 780 g/mol. The molecule has 2 aromatic heterocycles. The van der Waals surface area contributed by atoms with E-state index in [0.717, 1.165) is 56.6 Å². The molecular weight excluding hydrogens is 729 g/mol. The SMILES string of the molecule is CC/C=C(\C=C(/C)c1ccc2ccccc2c1)c1nc(-c2ccc(-c3ccc4c(c3)C(C)(C)C(C)(C)C4(C)C)nc2)nc(-c2cccc(-c3ccc4ccccc4c3)c2)n1. The molecule has 60 heavy (non-hydrogen) atoms. The van der Waals surface area contributed by atoms with Gasteiger partial charge in [0, 0.05) is 28.5 Å². The molecular formula is C56H52N4. The van der Waals surface area contributed by atoms with Gasteiger partial charge in [0.2, 0.25) is 0 Å². The standard InChI is InChI=1S/C56H52N4/c1-9-15-45(30-36(2)39-24-22-37-16-10-12-18-40(37)31-39)51-58-52(46-21-14-20-42(33-46)43-25-23-38-17-11-13-19-41(38)32-43)60-53(59-51)47-27-29-50(57-35-47)44-26-28-48-49(34-44)55(5,6)56(7,8)54(48,3)4/h10-35H,9H2,1-8H3/b36-30+,45-15+. The van der Waals surface area contributed by atoms with Crippen molar-refractivity contribution in [2.75, 3.05) is 0 Å². The maximum Gasteiger partial charge on any atom is 0.165 e. The second-order valence-corrected chi connectivity index (χ2v) is 18.0. The molecule has 0 amide bonds. The van der Waals surface area contributed by atoms with Crippen LogP contribution in [0, 0.1) is 5.41 Å². The van der Waals surface area contributed by atoms with Gasteiger partial charge in [0.15, 0.2) is 17.5 Å². The van der Waals surface area contributed by atoms with Gasteiger partial charge in [0.25, 0.3) is 0 Å². The van der Waals surface area contributed by atoms with Crippen molar-refractivity contribution in [1.82, 2.24) is 19.9 Å². The van der Waals surface area contributed by atoms with Crippen LogP contribution in [0.4, 0.5) is 0 Å². The van der Waals surface area contributed by atoms with Crippen molar-refractivity contribution >= 4 is 32.7 Å². The van der Waals surface area contributed by atoms with Crippen molar-refractivity contribution < 1.29 is 0 Å². The number of pyridine rings is 1. The van der Waals surface area contributed by atoms with Crippen LogP contribution in [0.5, 0.6) is 0 Å². The summed E-state index contributed by atoms with van der Waals surface area (Å²) >= 11 is 0. The minimum absolute atomic E-state index is 0.00980. The first kappa shape index (κ1) is 39.0. The summed E-state index contributed by atoms with van der Waals surface area (Å²) in [5.74, 6) is 1.83. The Morgan fingerprint density at radius 2 is 1.12 bits per heavy atom. The zero-order valence-electron chi connectivity index (χ0n) is 36.0. The molecule has 4 nitrogen and oxygen atoms in total. The van der Waals surface area contributed by atoms with Gasteiger partial charge < -0.3 is 0 Å². The zero-order chi connectivity index (χ0) is 41.8. The summed E-state index contributed by atoms with van der Waals surface area (Å²) in [6.07, 6.45) is 7.15. The van der Waals surface area contributed by atoms with Gasteiger partial charge >= 0.3 is 0 Å². The first-order valence-corrected chi connectivity index (χ1v) is 21.2. The van der Waals surface area contributed by atoms with E-state index < -0.39 is 0 Å². The Bertz CT molecular complexity index is 3000. The second kappa shape index (κ2) is 14.9. The smallest absolute Gasteiger partial charge is 0.165 e. The quantitative estimate of drug-likeness (QED) is 0.144. The minimum Gasteiger partial charge on any atom is -0.255 e. The molecule has 0 atom stereocenters. The van der Waals surface area contributed by atoms with Crippen molar-refractivity contribution in [3.8, 4) is 45.2 Å². The molecule has 0 unspecified atom stereocenters. The van der Waals surface area contributed by atoms with Crippen LogP contribution in [0.2, 0.25) is 0 Å². The number of hydrogen-bond donors (Lipinski definition) is 0. The van der Waals surface area contributed by atoms with Gasteiger partial charge in [-0.05, 0) is 127 Å². The topological polar surface area (TPSA) is 51.6 Å². The summed E-state index contributed by atoms with van der Waals surface area (Å²) in [7, 11) is 0. The summed E-state index contributed by atoms with van der Waals surface area (Å²) < 4.78 is 0. The third-order valence-corrected chi connectivity index (χ3v) is 13.9. The fraction of sp³-hybridized carbons (Fsp3) is 0.214. The van der Waals surface area contributed by atoms with Crippen LogP contribution >= 0.6 is 0 Å². The molecule has 0 N–H and O–H groups in total. The number of allylic oxidation sites excluding steroid dienone is 4. The predicted molar refractivity (Wildman–Crippen MR) is 253 cm³/mol. The number of rotatable bonds is 8. The van der Waals surface area contributed by atoms with E-state index in [1.165, 1.54) is 32.7 Å². The lowest BCUT2D eigenvalue weighted by molar-refractivity contribution is 0.125. The third-order valence-electron chi connectivity index (χ3n) is 13.9. The summed E-state index contributed by atoms with van der Waals surface area (Å²) in [4.78, 5) is 20.6. The average molecular weight is 781 g/mol. The molecule has 6 aromatic carbocycles. The lowest BCUT2D eigenvalue weighted by Crippen LogP contribution is -2.42. The summed E-state index contributed by atoms with van der Waals surface area (Å²) in [6, 6.07) is 49.8. The molecule has 0 saturated carbocycles. The molecule has 296 valence electrons. The minimum atomic E-state index is 0.00980. The largest absolute Gasteiger partial charge is 0.255 e. The van der Waals surface area contributed by atoms with Crippen molar-refractivity contribution in [3.05, 3.63) is 180 Å². The first-order valence-electron chi connectivity index (χ1n) is 21.2. The molecule has 1 aliphatic carbocycles. The number of nitrogens with zero attached hydrogens (tertiary/aromatic N) is 4. The summed E-state index contributed by atoms with van der Waals surface area (Å²) in [5.41, 5.74) is 12.3. The van der Waals surface area contributed by atoms with E-state index in [4.69, 9.17) is 19.9 Å². The Kier molecular flexibility index (Phi) is 9.70. The van der Waals surface area contributed by atoms with Crippen LogP contribution in [0.3, 0.4) is 0 Å². The Hall–Kier alpha value is -6.52.